The summed E-state index contributed by atoms with van der Waals surface area (Å²) in [5.74, 6) is 0.342. The first-order valence-electron chi connectivity index (χ1n) is 10.2. The van der Waals surface area contributed by atoms with Crippen molar-refractivity contribution in [2.45, 2.75) is 6.54 Å². The second-order valence-corrected chi connectivity index (χ2v) is 7.24. The molecule has 7 heteroatoms. The van der Waals surface area contributed by atoms with Crippen molar-refractivity contribution in [3.05, 3.63) is 83.6 Å². The van der Waals surface area contributed by atoms with E-state index in [9.17, 15) is 9.59 Å². The number of ether oxygens (including phenoxy) is 3. The molecule has 4 aromatic rings. The topological polar surface area (TPSA) is 87.0 Å². The average molecular weight is 445 g/mol. The fourth-order valence-electron chi connectivity index (χ4n) is 3.65. The predicted octanol–water partition coefficient (Wildman–Crippen LogP) is 4.83. The summed E-state index contributed by atoms with van der Waals surface area (Å²) in [7, 11) is 4.36. The first-order valence-corrected chi connectivity index (χ1v) is 10.2. The van der Waals surface area contributed by atoms with E-state index in [1.54, 1.807) is 31.4 Å². The van der Waals surface area contributed by atoms with E-state index < -0.39 is 5.97 Å². The molecule has 7 nitrogen and oxygen atoms in total. The van der Waals surface area contributed by atoms with Gasteiger partial charge in [-0.15, -0.1) is 0 Å². The minimum atomic E-state index is -0.516. The van der Waals surface area contributed by atoms with Crippen LogP contribution in [-0.4, -0.2) is 33.2 Å². The highest BCUT2D eigenvalue weighted by Crippen LogP contribution is 2.36. The van der Waals surface area contributed by atoms with Gasteiger partial charge in [-0.25, -0.2) is 4.79 Å². The molecule has 1 amide bonds. The Morgan fingerprint density at radius 3 is 2.39 bits per heavy atom. The maximum atomic E-state index is 13.2. The lowest BCUT2D eigenvalue weighted by Crippen LogP contribution is -2.23. The number of hydrogen-bond acceptors (Lipinski definition) is 6. The van der Waals surface area contributed by atoms with Crippen LogP contribution in [0.3, 0.4) is 0 Å². The molecule has 4 rings (SSSR count). The third-order valence-corrected chi connectivity index (χ3v) is 5.29. The Bertz CT molecular complexity index is 1310. The fourth-order valence-corrected chi connectivity index (χ4v) is 3.65. The van der Waals surface area contributed by atoms with Crippen molar-refractivity contribution in [1.82, 2.24) is 5.32 Å². The van der Waals surface area contributed by atoms with Crippen molar-refractivity contribution in [3.8, 4) is 22.6 Å². The fraction of sp³-hybridized carbons (Fsp3) is 0.154. The maximum absolute atomic E-state index is 13.2. The van der Waals surface area contributed by atoms with Crippen LogP contribution in [0.15, 0.2) is 71.1 Å². The van der Waals surface area contributed by atoms with E-state index >= 15 is 0 Å². The third kappa shape index (κ3) is 4.39. The summed E-state index contributed by atoms with van der Waals surface area (Å²) in [4.78, 5) is 25.2. The largest absolute Gasteiger partial charge is 0.497 e. The molecule has 1 N–H and O–H groups in total. The number of nitrogens with one attached hydrogen (secondary N) is 1. The minimum Gasteiger partial charge on any atom is -0.497 e. The predicted molar refractivity (Wildman–Crippen MR) is 124 cm³/mol. The highest BCUT2D eigenvalue weighted by Gasteiger charge is 2.22. The third-order valence-electron chi connectivity index (χ3n) is 5.29. The summed E-state index contributed by atoms with van der Waals surface area (Å²) in [5.41, 5.74) is 3.12. The smallest absolute Gasteiger partial charge is 0.341 e. The molecule has 0 saturated carbocycles. The SMILES string of the molecule is COC(=O)c1cc(CNC(=O)c2oc3cc(OC)ccc3c2-c2ccccc2)ccc1OC. The average Bonchev–Trinajstić information content (AvgIpc) is 3.25. The molecule has 0 aliphatic carbocycles. The van der Waals surface area contributed by atoms with Gasteiger partial charge in [0.15, 0.2) is 0 Å². The standard InChI is InChI=1S/C26H23NO6/c1-30-18-10-11-19-22(14-18)33-24(23(19)17-7-5-4-6-8-17)25(28)27-15-16-9-12-21(31-2)20(13-16)26(29)32-3/h4-14H,15H2,1-3H3,(H,27,28). The lowest BCUT2D eigenvalue weighted by atomic mass is 10.0. The molecule has 1 aromatic heterocycles. The van der Waals surface area contributed by atoms with Crippen LogP contribution < -0.4 is 14.8 Å². The van der Waals surface area contributed by atoms with Crippen LogP contribution in [0.2, 0.25) is 0 Å². The summed E-state index contributed by atoms with van der Waals surface area (Å²) in [5, 5.41) is 3.69. The van der Waals surface area contributed by atoms with E-state index in [2.05, 4.69) is 5.32 Å². The number of fused-ring (bicyclic) bond motifs is 1. The van der Waals surface area contributed by atoms with Gasteiger partial charge in [-0.05, 0) is 35.4 Å². The lowest BCUT2D eigenvalue weighted by molar-refractivity contribution is 0.0597. The van der Waals surface area contributed by atoms with Gasteiger partial charge in [-0.2, -0.15) is 0 Å². The number of benzene rings is 3. The van der Waals surface area contributed by atoms with Gasteiger partial charge in [0.25, 0.3) is 5.91 Å². The van der Waals surface area contributed by atoms with Gasteiger partial charge in [0.05, 0.1) is 21.3 Å². The molecule has 0 spiro atoms. The zero-order valence-corrected chi connectivity index (χ0v) is 18.5. The normalized spacial score (nSPS) is 10.6. The first-order chi connectivity index (χ1) is 16.0. The van der Waals surface area contributed by atoms with Crippen molar-refractivity contribution in [1.29, 1.82) is 0 Å². The van der Waals surface area contributed by atoms with Crippen LogP contribution >= 0.6 is 0 Å². The van der Waals surface area contributed by atoms with Crippen molar-refractivity contribution in [3.63, 3.8) is 0 Å². The second kappa shape index (κ2) is 9.48. The Morgan fingerprint density at radius 2 is 1.70 bits per heavy atom. The summed E-state index contributed by atoms with van der Waals surface area (Å²) >= 11 is 0. The maximum Gasteiger partial charge on any atom is 0.341 e. The van der Waals surface area contributed by atoms with Crippen molar-refractivity contribution >= 4 is 22.8 Å². The van der Waals surface area contributed by atoms with E-state index in [0.717, 1.165) is 10.9 Å². The van der Waals surface area contributed by atoms with Crippen LogP contribution in [0.4, 0.5) is 0 Å². The Balaban J connectivity index is 1.67. The van der Waals surface area contributed by atoms with Gasteiger partial charge in [0.2, 0.25) is 5.76 Å². The zero-order valence-electron chi connectivity index (χ0n) is 18.5. The summed E-state index contributed by atoms with van der Waals surface area (Å²) in [6, 6.07) is 20.1. The van der Waals surface area contributed by atoms with Crippen LogP contribution in [0.5, 0.6) is 11.5 Å². The van der Waals surface area contributed by atoms with Crippen LogP contribution in [0.25, 0.3) is 22.1 Å². The van der Waals surface area contributed by atoms with Crippen molar-refractivity contribution < 1.29 is 28.2 Å². The number of furan rings is 1. The van der Waals surface area contributed by atoms with Gasteiger partial charge in [-0.1, -0.05) is 36.4 Å². The number of hydrogen-bond donors (Lipinski definition) is 1. The number of rotatable bonds is 7. The Morgan fingerprint density at radius 1 is 0.909 bits per heavy atom. The summed E-state index contributed by atoms with van der Waals surface area (Å²) in [6.07, 6.45) is 0. The minimum absolute atomic E-state index is 0.182. The summed E-state index contributed by atoms with van der Waals surface area (Å²) < 4.78 is 21.3. The molecular weight excluding hydrogens is 422 g/mol. The molecule has 0 aliphatic heterocycles. The van der Waals surface area contributed by atoms with E-state index in [1.165, 1.54) is 14.2 Å². The molecule has 0 bridgehead atoms. The van der Waals surface area contributed by atoms with Crippen LogP contribution in [0, 0.1) is 0 Å². The molecule has 0 unspecified atom stereocenters. The zero-order chi connectivity index (χ0) is 23.4. The van der Waals surface area contributed by atoms with Gasteiger partial charge in [0.1, 0.15) is 22.6 Å². The lowest BCUT2D eigenvalue weighted by Gasteiger charge is -2.10. The van der Waals surface area contributed by atoms with E-state index in [0.29, 0.717) is 28.2 Å². The highest BCUT2D eigenvalue weighted by molar-refractivity contribution is 6.08. The van der Waals surface area contributed by atoms with E-state index in [1.807, 2.05) is 42.5 Å². The summed E-state index contributed by atoms with van der Waals surface area (Å²) in [6.45, 7) is 0.182. The van der Waals surface area contributed by atoms with E-state index in [-0.39, 0.29) is 23.8 Å². The van der Waals surface area contributed by atoms with Crippen molar-refractivity contribution in [2.24, 2.45) is 0 Å². The van der Waals surface area contributed by atoms with Crippen molar-refractivity contribution in [2.75, 3.05) is 21.3 Å². The monoisotopic (exact) mass is 445 g/mol. The van der Waals surface area contributed by atoms with Gasteiger partial charge >= 0.3 is 5.97 Å². The van der Waals surface area contributed by atoms with Crippen LogP contribution in [-0.2, 0) is 11.3 Å². The molecule has 33 heavy (non-hydrogen) atoms. The number of amides is 1. The molecular formula is C26H23NO6. The Hall–Kier alpha value is -4.26. The van der Waals surface area contributed by atoms with Gasteiger partial charge in [-0.3, -0.25) is 4.79 Å². The number of methoxy groups -OCH3 is 3. The Kier molecular flexibility index (Phi) is 6.31. The molecule has 0 aliphatic rings. The molecule has 0 atom stereocenters. The molecule has 1 heterocycles. The quantitative estimate of drug-likeness (QED) is 0.410. The second-order valence-electron chi connectivity index (χ2n) is 7.24. The number of carbonyl (C=O) groups excluding carboxylic acids is 2. The highest BCUT2D eigenvalue weighted by atomic mass is 16.5. The number of carbonyl (C=O) groups is 2. The van der Waals surface area contributed by atoms with Gasteiger partial charge < -0.3 is 23.9 Å². The molecule has 0 fully saturated rings. The molecule has 168 valence electrons. The first kappa shape index (κ1) is 22.0. The molecule has 0 radical (unpaired) electrons. The van der Waals surface area contributed by atoms with Crippen LogP contribution in [0.1, 0.15) is 26.5 Å². The Labute approximate surface area is 190 Å². The van der Waals surface area contributed by atoms with E-state index in [4.69, 9.17) is 18.6 Å². The number of esters is 1. The van der Waals surface area contributed by atoms with Gasteiger partial charge in [0, 0.05) is 23.6 Å². The molecule has 0 saturated heterocycles. The molecule has 3 aromatic carbocycles.